The smallest absolute Gasteiger partial charge is 0.305 e. The maximum atomic E-state index is 13.0. The van der Waals surface area contributed by atoms with Crippen LogP contribution in [0, 0.1) is 0 Å². The summed E-state index contributed by atoms with van der Waals surface area (Å²) in [5.41, 5.74) is 0. The molecule has 7 atom stereocenters. The highest BCUT2D eigenvalue weighted by molar-refractivity contribution is 5.76. The van der Waals surface area contributed by atoms with E-state index in [1.807, 2.05) is 6.08 Å². The maximum absolute atomic E-state index is 13.0. The van der Waals surface area contributed by atoms with E-state index in [1.54, 1.807) is 6.08 Å². The molecule has 63 heavy (non-hydrogen) atoms. The number of ether oxygens (including phenoxy) is 3. The Morgan fingerprint density at radius 3 is 1.48 bits per heavy atom. The molecule has 11 nitrogen and oxygen atoms in total. The summed E-state index contributed by atoms with van der Waals surface area (Å²) >= 11 is 0. The first-order valence-electron chi connectivity index (χ1n) is 26.5. The van der Waals surface area contributed by atoms with Crippen molar-refractivity contribution in [3.05, 3.63) is 12.2 Å². The standard InChI is InChI=1S/C52H99NO10/c1-3-5-7-9-11-13-15-19-22-26-30-34-38-45(55)44(43-62-52-51(60)50(59)49(58)46(42-54)63-52)53-47(56)39-35-31-27-23-20-16-17-21-25-29-33-37-41-61-48(57)40-36-32-28-24-18-14-12-10-8-6-4-2/h34,38,44-46,49-52,54-55,58-60H,3-33,35-37,39-43H2,1-2H3,(H,53,56)/b38-34+. The number of hydrogen-bond acceptors (Lipinski definition) is 10. The predicted molar refractivity (Wildman–Crippen MR) is 255 cm³/mol. The predicted octanol–water partition coefficient (Wildman–Crippen LogP) is 10.8. The number of carbonyl (C=O) groups excluding carboxylic acids is 2. The molecule has 0 aliphatic carbocycles. The Kier molecular flexibility index (Phi) is 40.6. The summed E-state index contributed by atoms with van der Waals surface area (Å²) in [5.74, 6) is -0.230. The molecular formula is C52H99NO10. The summed E-state index contributed by atoms with van der Waals surface area (Å²) < 4.78 is 16.7. The second kappa shape index (κ2) is 43.0. The van der Waals surface area contributed by atoms with E-state index >= 15 is 0 Å². The number of rotatable bonds is 45. The third-order valence-corrected chi connectivity index (χ3v) is 12.7. The highest BCUT2D eigenvalue weighted by atomic mass is 16.7. The molecule has 0 aromatic carbocycles. The summed E-state index contributed by atoms with van der Waals surface area (Å²) in [7, 11) is 0. The fourth-order valence-electron chi connectivity index (χ4n) is 8.37. The number of hydrogen-bond donors (Lipinski definition) is 6. The van der Waals surface area contributed by atoms with Crippen LogP contribution in [0.25, 0.3) is 0 Å². The number of esters is 1. The molecule has 1 saturated heterocycles. The van der Waals surface area contributed by atoms with E-state index in [1.165, 1.54) is 148 Å². The number of allylic oxidation sites excluding steroid dienone is 1. The molecule has 0 radical (unpaired) electrons. The summed E-state index contributed by atoms with van der Waals surface area (Å²) in [4.78, 5) is 25.0. The minimum absolute atomic E-state index is 0.0334. The van der Waals surface area contributed by atoms with Crippen LogP contribution in [0.15, 0.2) is 12.2 Å². The van der Waals surface area contributed by atoms with E-state index in [0.717, 1.165) is 70.6 Å². The molecular weight excluding hydrogens is 799 g/mol. The molecule has 6 N–H and O–H groups in total. The van der Waals surface area contributed by atoms with E-state index in [4.69, 9.17) is 14.2 Å². The fourth-order valence-corrected chi connectivity index (χ4v) is 8.37. The van der Waals surface area contributed by atoms with E-state index in [-0.39, 0.29) is 18.5 Å². The molecule has 1 rings (SSSR count). The Morgan fingerprint density at radius 2 is 1.00 bits per heavy atom. The van der Waals surface area contributed by atoms with Crippen molar-refractivity contribution in [1.82, 2.24) is 5.32 Å². The molecule has 0 bridgehead atoms. The number of unbranched alkanes of at least 4 members (excludes halogenated alkanes) is 31. The SMILES string of the molecule is CCCCCCCCCCCC/C=C/C(O)C(COC1OC(CO)C(O)C(O)C1O)NC(=O)CCCCCCCCCCCCCCOC(=O)CCCCCCCCCCCCC. The topological polar surface area (TPSA) is 175 Å². The van der Waals surface area contributed by atoms with Crippen molar-refractivity contribution in [2.24, 2.45) is 0 Å². The van der Waals surface area contributed by atoms with E-state index in [2.05, 4.69) is 19.2 Å². The molecule has 0 aromatic rings. The number of aliphatic hydroxyl groups excluding tert-OH is 5. The van der Waals surface area contributed by atoms with Crippen LogP contribution in [0.3, 0.4) is 0 Å². The molecule has 1 aliphatic heterocycles. The van der Waals surface area contributed by atoms with Crippen molar-refractivity contribution in [2.75, 3.05) is 19.8 Å². The van der Waals surface area contributed by atoms with Gasteiger partial charge in [-0.1, -0.05) is 212 Å². The molecule has 372 valence electrons. The second-order valence-electron chi connectivity index (χ2n) is 18.6. The normalized spacial score (nSPS) is 20.0. The van der Waals surface area contributed by atoms with Crippen LogP contribution in [-0.2, 0) is 23.8 Å². The average Bonchev–Trinajstić information content (AvgIpc) is 3.28. The van der Waals surface area contributed by atoms with Gasteiger partial charge >= 0.3 is 5.97 Å². The third-order valence-electron chi connectivity index (χ3n) is 12.7. The van der Waals surface area contributed by atoms with Crippen LogP contribution in [0.5, 0.6) is 0 Å². The Morgan fingerprint density at radius 1 is 0.571 bits per heavy atom. The molecule has 1 aliphatic rings. The van der Waals surface area contributed by atoms with Crippen molar-refractivity contribution in [3.8, 4) is 0 Å². The maximum Gasteiger partial charge on any atom is 0.305 e. The lowest BCUT2D eigenvalue weighted by Gasteiger charge is -2.40. The quantitative estimate of drug-likeness (QED) is 0.0196. The van der Waals surface area contributed by atoms with E-state index in [0.29, 0.717) is 19.4 Å². The van der Waals surface area contributed by atoms with Crippen molar-refractivity contribution in [3.63, 3.8) is 0 Å². The van der Waals surface area contributed by atoms with Crippen molar-refractivity contribution >= 4 is 11.9 Å². The molecule has 7 unspecified atom stereocenters. The first-order valence-corrected chi connectivity index (χ1v) is 26.5. The monoisotopic (exact) mass is 898 g/mol. The highest BCUT2D eigenvalue weighted by Crippen LogP contribution is 2.23. The van der Waals surface area contributed by atoms with Crippen LogP contribution >= 0.6 is 0 Å². The summed E-state index contributed by atoms with van der Waals surface area (Å²) in [6, 6.07) is -0.819. The first kappa shape index (κ1) is 59.4. The molecule has 0 spiro atoms. The van der Waals surface area contributed by atoms with Crippen molar-refractivity contribution < 1.29 is 49.3 Å². The molecule has 1 fully saturated rings. The first-order chi connectivity index (χ1) is 30.7. The van der Waals surface area contributed by atoms with Crippen LogP contribution in [-0.4, -0.2) is 100 Å². The zero-order valence-corrected chi connectivity index (χ0v) is 40.6. The van der Waals surface area contributed by atoms with Gasteiger partial charge in [0.1, 0.15) is 24.4 Å². The lowest BCUT2D eigenvalue weighted by Crippen LogP contribution is -2.60. The van der Waals surface area contributed by atoms with Gasteiger partial charge in [0.2, 0.25) is 5.91 Å². The van der Waals surface area contributed by atoms with Gasteiger partial charge in [0.25, 0.3) is 0 Å². The highest BCUT2D eigenvalue weighted by Gasteiger charge is 2.44. The molecule has 11 heteroatoms. The van der Waals surface area contributed by atoms with Gasteiger partial charge in [-0.3, -0.25) is 9.59 Å². The Balaban J connectivity index is 2.19. The van der Waals surface area contributed by atoms with Gasteiger partial charge in [-0.05, 0) is 32.1 Å². The van der Waals surface area contributed by atoms with Gasteiger partial charge in [-0.2, -0.15) is 0 Å². The number of nitrogens with one attached hydrogen (secondary N) is 1. The van der Waals surface area contributed by atoms with Gasteiger partial charge in [0, 0.05) is 12.8 Å². The van der Waals surface area contributed by atoms with Crippen molar-refractivity contribution in [2.45, 2.75) is 288 Å². The number of carbonyl (C=O) groups is 2. The lowest BCUT2D eigenvalue weighted by atomic mass is 9.99. The van der Waals surface area contributed by atoms with E-state index in [9.17, 15) is 35.1 Å². The minimum atomic E-state index is -1.58. The zero-order chi connectivity index (χ0) is 46.0. The molecule has 1 heterocycles. The average molecular weight is 898 g/mol. The van der Waals surface area contributed by atoms with Gasteiger partial charge in [-0.25, -0.2) is 0 Å². The zero-order valence-electron chi connectivity index (χ0n) is 40.6. The molecule has 1 amide bonds. The van der Waals surface area contributed by atoms with Crippen LogP contribution in [0.2, 0.25) is 0 Å². The minimum Gasteiger partial charge on any atom is -0.466 e. The van der Waals surface area contributed by atoms with Crippen molar-refractivity contribution in [1.29, 1.82) is 0 Å². The van der Waals surface area contributed by atoms with Gasteiger partial charge in [0.05, 0.1) is 32.0 Å². The Hall–Kier alpha value is -1.60. The molecule has 0 saturated carbocycles. The van der Waals surface area contributed by atoms with Gasteiger partial charge in [-0.15, -0.1) is 0 Å². The van der Waals surface area contributed by atoms with Crippen LogP contribution in [0.1, 0.15) is 245 Å². The fraction of sp³-hybridized carbons (Fsp3) is 0.923. The number of aliphatic hydroxyl groups is 5. The van der Waals surface area contributed by atoms with Gasteiger partial charge < -0.3 is 45.1 Å². The summed E-state index contributed by atoms with van der Waals surface area (Å²) in [6.45, 7) is 4.28. The van der Waals surface area contributed by atoms with E-state index < -0.39 is 49.5 Å². The van der Waals surface area contributed by atoms with Crippen LogP contribution in [0.4, 0.5) is 0 Å². The Bertz CT molecular complexity index is 1060. The van der Waals surface area contributed by atoms with Crippen LogP contribution < -0.4 is 5.32 Å². The largest absolute Gasteiger partial charge is 0.466 e. The second-order valence-corrected chi connectivity index (χ2v) is 18.6. The number of amides is 1. The Labute approximate surface area is 385 Å². The summed E-state index contributed by atoms with van der Waals surface area (Å²) in [6.07, 6.45) is 37.0. The summed E-state index contributed by atoms with van der Waals surface area (Å²) in [5, 5.41) is 54.2. The van der Waals surface area contributed by atoms with Gasteiger partial charge in [0.15, 0.2) is 6.29 Å². The molecule has 0 aromatic heterocycles. The third kappa shape index (κ3) is 33.5. The lowest BCUT2D eigenvalue weighted by molar-refractivity contribution is -0.302.